The molecule has 3 aliphatic heterocycles. The van der Waals surface area contributed by atoms with Gasteiger partial charge in [0.2, 0.25) is 0 Å². The van der Waals surface area contributed by atoms with Crippen LogP contribution < -0.4 is 15.5 Å². The van der Waals surface area contributed by atoms with Crippen molar-refractivity contribution in [3.63, 3.8) is 0 Å². The minimum absolute atomic E-state index is 0.0640. The number of nitrogens with one attached hydrogen (secondary N) is 2. The molecular formula is C24H24F3N5O. The first kappa shape index (κ1) is 21.4. The summed E-state index contributed by atoms with van der Waals surface area (Å²) in [5.74, 6) is -0.0640. The number of carbonyl (C=O) groups excluding carboxylic acids is 1. The van der Waals surface area contributed by atoms with E-state index in [2.05, 4.69) is 15.7 Å². The molecule has 2 unspecified atom stereocenters. The van der Waals surface area contributed by atoms with Crippen molar-refractivity contribution in [3.05, 3.63) is 82.0 Å². The highest BCUT2D eigenvalue weighted by Crippen LogP contribution is 2.34. The van der Waals surface area contributed by atoms with Crippen molar-refractivity contribution in [1.29, 1.82) is 0 Å². The molecule has 2 atom stereocenters. The molecular weight excluding hydrogens is 431 g/mol. The number of allylic oxidation sites excluding steroid dienone is 2. The van der Waals surface area contributed by atoms with E-state index < -0.39 is 12.2 Å². The van der Waals surface area contributed by atoms with Crippen LogP contribution in [0.15, 0.2) is 59.6 Å². The number of aromatic nitrogens is 2. The molecule has 0 saturated carbocycles. The second-order valence-corrected chi connectivity index (χ2v) is 8.68. The molecule has 0 spiro atoms. The second kappa shape index (κ2) is 7.54. The molecule has 2 N–H and O–H groups in total. The summed E-state index contributed by atoms with van der Waals surface area (Å²) in [6, 6.07) is 4.02. The lowest BCUT2D eigenvalue weighted by molar-refractivity contribution is -0.143. The number of aryl methyl sites for hydroxylation is 2. The van der Waals surface area contributed by atoms with Gasteiger partial charge in [-0.05, 0) is 55.2 Å². The van der Waals surface area contributed by atoms with Crippen molar-refractivity contribution in [2.24, 2.45) is 7.05 Å². The van der Waals surface area contributed by atoms with Gasteiger partial charge in [0.15, 0.2) is 0 Å². The Kier molecular flexibility index (Phi) is 4.88. The van der Waals surface area contributed by atoms with Crippen LogP contribution in [0.1, 0.15) is 40.1 Å². The van der Waals surface area contributed by atoms with Crippen molar-refractivity contribution in [2.75, 3.05) is 11.4 Å². The average Bonchev–Trinajstić information content (AvgIpc) is 3.15. The molecule has 0 saturated heterocycles. The zero-order valence-corrected chi connectivity index (χ0v) is 18.5. The van der Waals surface area contributed by atoms with Gasteiger partial charge in [-0.2, -0.15) is 18.3 Å². The summed E-state index contributed by atoms with van der Waals surface area (Å²) in [6.45, 7) is 4.23. The van der Waals surface area contributed by atoms with Gasteiger partial charge in [-0.3, -0.25) is 9.48 Å². The first-order valence-electron chi connectivity index (χ1n) is 10.8. The molecule has 0 fully saturated rings. The summed E-state index contributed by atoms with van der Waals surface area (Å²) in [4.78, 5) is 14.9. The number of amides is 1. The molecule has 6 nitrogen and oxygen atoms in total. The van der Waals surface area contributed by atoms with Gasteiger partial charge in [0.05, 0.1) is 23.6 Å². The zero-order valence-electron chi connectivity index (χ0n) is 18.5. The standard InChI is InChI=1S/C24H24F3N5O/c1-13-10-15(4-7-19(13)32-9-8-16-12-28-31(3)22(16)23(32)33)17-5-6-18-21(30-17)14(2)11-20(29-18)24(25,26)27/h4-7,10-12,17,20,29-30H,8-9H2,1-3H3. The molecule has 1 aromatic heterocycles. The Balaban J connectivity index is 1.37. The zero-order chi connectivity index (χ0) is 23.5. The van der Waals surface area contributed by atoms with E-state index in [0.29, 0.717) is 29.2 Å². The minimum Gasteiger partial charge on any atom is -0.373 e. The maximum absolute atomic E-state index is 13.2. The van der Waals surface area contributed by atoms with Crippen LogP contribution in [0.5, 0.6) is 0 Å². The molecule has 1 aromatic carbocycles. The van der Waals surface area contributed by atoms with E-state index in [-0.39, 0.29) is 11.9 Å². The highest BCUT2D eigenvalue weighted by Gasteiger charge is 2.41. The average molecular weight is 455 g/mol. The van der Waals surface area contributed by atoms with Crippen molar-refractivity contribution in [2.45, 2.75) is 38.5 Å². The monoisotopic (exact) mass is 455 g/mol. The van der Waals surface area contributed by atoms with Gasteiger partial charge in [-0.15, -0.1) is 0 Å². The maximum atomic E-state index is 13.2. The van der Waals surface area contributed by atoms with Crippen molar-refractivity contribution in [3.8, 4) is 0 Å². The molecule has 33 heavy (non-hydrogen) atoms. The molecule has 1 amide bonds. The predicted octanol–water partition coefficient (Wildman–Crippen LogP) is 3.82. The fraction of sp³-hybridized carbons (Fsp3) is 0.333. The Hall–Kier alpha value is -3.49. The van der Waals surface area contributed by atoms with Gasteiger partial charge in [0, 0.05) is 24.8 Å². The Morgan fingerprint density at radius 1 is 1.18 bits per heavy atom. The van der Waals surface area contributed by atoms with E-state index in [4.69, 9.17) is 0 Å². The fourth-order valence-corrected chi connectivity index (χ4v) is 4.73. The van der Waals surface area contributed by atoms with Crippen LogP contribution in [0.3, 0.4) is 0 Å². The Morgan fingerprint density at radius 2 is 1.97 bits per heavy atom. The number of hydrogen-bond acceptors (Lipinski definition) is 4. The number of hydrogen-bond donors (Lipinski definition) is 2. The lowest BCUT2D eigenvalue weighted by atomic mass is 9.95. The number of halogens is 3. The van der Waals surface area contributed by atoms with E-state index in [1.54, 1.807) is 35.8 Å². The summed E-state index contributed by atoms with van der Waals surface area (Å²) < 4.78 is 41.1. The van der Waals surface area contributed by atoms with Gasteiger partial charge in [0.1, 0.15) is 11.7 Å². The first-order valence-corrected chi connectivity index (χ1v) is 10.8. The lowest BCUT2D eigenvalue weighted by Gasteiger charge is -2.33. The van der Waals surface area contributed by atoms with Gasteiger partial charge in [0.25, 0.3) is 5.91 Å². The van der Waals surface area contributed by atoms with Crippen LogP contribution >= 0.6 is 0 Å². The number of dihydropyridines is 2. The quantitative estimate of drug-likeness (QED) is 0.723. The third-order valence-electron chi connectivity index (χ3n) is 6.44. The molecule has 0 aliphatic carbocycles. The molecule has 0 radical (unpaired) electrons. The second-order valence-electron chi connectivity index (χ2n) is 8.68. The third kappa shape index (κ3) is 3.61. The van der Waals surface area contributed by atoms with Crippen LogP contribution in [-0.4, -0.2) is 34.5 Å². The third-order valence-corrected chi connectivity index (χ3v) is 6.44. The smallest absolute Gasteiger partial charge is 0.373 e. The summed E-state index contributed by atoms with van der Waals surface area (Å²) in [7, 11) is 1.77. The topological polar surface area (TPSA) is 62.2 Å². The first-order chi connectivity index (χ1) is 15.6. The minimum atomic E-state index is -4.35. The number of alkyl halides is 3. The molecule has 3 aliphatic rings. The van der Waals surface area contributed by atoms with Crippen molar-refractivity contribution >= 4 is 11.6 Å². The van der Waals surface area contributed by atoms with Crippen molar-refractivity contribution in [1.82, 2.24) is 20.4 Å². The highest BCUT2D eigenvalue weighted by atomic mass is 19.4. The molecule has 172 valence electrons. The van der Waals surface area contributed by atoms with Gasteiger partial charge in [-0.25, -0.2) is 0 Å². The van der Waals surface area contributed by atoms with Crippen LogP contribution in [-0.2, 0) is 13.5 Å². The summed E-state index contributed by atoms with van der Waals surface area (Å²) >= 11 is 0. The molecule has 0 bridgehead atoms. The van der Waals surface area contributed by atoms with Crippen LogP contribution in [0.4, 0.5) is 18.9 Å². The van der Waals surface area contributed by atoms with Crippen LogP contribution in [0.25, 0.3) is 0 Å². The number of benzene rings is 1. The van der Waals surface area contributed by atoms with Crippen LogP contribution in [0, 0.1) is 6.92 Å². The van der Waals surface area contributed by atoms with Gasteiger partial charge >= 0.3 is 6.18 Å². The molecule has 9 heteroatoms. The van der Waals surface area contributed by atoms with Gasteiger partial charge in [-0.1, -0.05) is 18.2 Å². The van der Waals surface area contributed by atoms with Crippen LogP contribution in [0.2, 0.25) is 0 Å². The molecule has 4 heterocycles. The van der Waals surface area contributed by atoms with E-state index in [9.17, 15) is 18.0 Å². The van der Waals surface area contributed by atoms with E-state index in [1.165, 1.54) is 6.08 Å². The number of fused-ring (bicyclic) bond motifs is 1. The maximum Gasteiger partial charge on any atom is 0.412 e. The number of anilines is 1. The normalized spacial score (nSPS) is 22.4. The number of nitrogens with zero attached hydrogens (tertiary/aromatic N) is 3. The molecule has 2 aromatic rings. The Bertz CT molecular complexity index is 1240. The predicted molar refractivity (Wildman–Crippen MR) is 119 cm³/mol. The lowest BCUT2D eigenvalue weighted by Crippen LogP contribution is -2.44. The van der Waals surface area contributed by atoms with Crippen molar-refractivity contribution < 1.29 is 18.0 Å². The van der Waals surface area contributed by atoms with E-state index in [0.717, 1.165) is 28.8 Å². The highest BCUT2D eigenvalue weighted by molar-refractivity contribution is 6.07. The summed E-state index contributed by atoms with van der Waals surface area (Å²) in [5.41, 5.74) is 6.00. The Morgan fingerprint density at radius 3 is 2.70 bits per heavy atom. The van der Waals surface area contributed by atoms with E-state index in [1.807, 2.05) is 31.2 Å². The SMILES string of the molecule is CC1=CC(C(F)(F)F)NC2=C1NC(c1ccc(N3CCc4cnn(C)c4C3=O)c(C)c1)C=C2. The fourth-order valence-electron chi connectivity index (χ4n) is 4.73. The number of rotatable bonds is 2. The largest absolute Gasteiger partial charge is 0.412 e. The number of carbonyl (C=O) groups is 1. The molecule has 5 rings (SSSR count). The van der Waals surface area contributed by atoms with Gasteiger partial charge < -0.3 is 15.5 Å². The Labute approximate surface area is 189 Å². The summed E-state index contributed by atoms with van der Waals surface area (Å²) in [5, 5.41) is 10.1. The van der Waals surface area contributed by atoms with E-state index >= 15 is 0 Å². The summed E-state index contributed by atoms with van der Waals surface area (Å²) in [6.07, 6.45) is 2.90.